The van der Waals surface area contributed by atoms with E-state index in [0.29, 0.717) is 12.5 Å². The summed E-state index contributed by atoms with van der Waals surface area (Å²) in [4.78, 5) is 4.13. The van der Waals surface area contributed by atoms with Gasteiger partial charge in [-0.2, -0.15) is 0 Å². The van der Waals surface area contributed by atoms with Crippen LogP contribution >= 0.6 is 0 Å². The SMILES string of the molecule is NCC(CCc1cccnc1)c1ccccc1. The van der Waals surface area contributed by atoms with Gasteiger partial charge in [-0.3, -0.25) is 4.98 Å². The van der Waals surface area contributed by atoms with Crippen molar-refractivity contribution < 1.29 is 0 Å². The summed E-state index contributed by atoms with van der Waals surface area (Å²) in [5.41, 5.74) is 8.47. The molecule has 1 unspecified atom stereocenters. The van der Waals surface area contributed by atoms with Crippen LogP contribution in [0.15, 0.2) is 54.9 Å². The van der Waals surface area contributed by atoms with Crippen LogP contribution in [0.25, 0.3) is 0 Å². The number of aryl methyl sites for hydroxylation is 1. The van der Waals surface area contributed by atoms with Crippen LogP contribution in [0.4, 0.5) is 0 Å². The first-order valence-electron chi connectivity index (χ1n) is 6.04. The Bertz CT molecular complexity index is 425. The third-order valence-corrected chi connectivity index (χ3v) is 3.06. The minimum Gasteiger partial charge on any atom is -0.330 e. The standard InChI is InChI=1S/C15H18N2/c16-11-15(14-6-2-1-3-7-14)9-8-13-5-4-10-17-12-13/h1-7,10,12,15H,8-9,11,16H2. The average Bonchev–Trinajstić information content (AvgIpc) is 2.42. The molecule has 88 valence electrons. The number of nitrogens with zero attached hydrogens (tertiary/aromatic N) is 1. The molecule has 1 aromatic carbocycles. The first-order chi connectivity index (χ1) is 8.40. The lowest BCUT2D eigenvalue weighted by Gasteiger charge is -2.14. The van der Waals surface area contributed by atoms with Crippen LogP contribution in [0.2, 0.25) is 0 Å². The molecule has 2 heteroatoms. The second-order valence-corrected chi connectivity index (χ2v) is 4.24. The van der Waals surface area contributed by atoms with Crippen molar-refractivity contribution in [2.45, 2.75) is 18.8 Å². The van der Waals surface area contributed by atoms with Gasteiger partial charge in [-0.05, 0) is 42.5 Å². The molecule has 0 saturated heterocycles. The van der Waals surface area contributed by atoms with Crippen molar-refractivity contribution in [3.63, 3.8) is 0 Å². The molecule has 0 fully saturated rings. The van der Waals surface area contributed by atoms with Gasteiger partial charge in [0.05, 0.1) is 0 Å². The Morgan fingerprint density at radius 1 is 1.06 bits per heavy atom. The molecule has 0 spiro atoms. The Hall–Kier alpha value is -1.67. The van der Waals surface area contributed by atoms with Crippen LogP contribution in [0, 0.1) is 0 Å². The highest BCUT2D eigenvalue weighted by Gasteiger charge is 2.09. The maximum Gasteiger partial charge on any atom is 0.0299 e. The van der Waals surface area contributed by atoms with Gasteiger partial charge in [-0.25, -0.2) is 0 Å². The maximum absolute atomic E-state index is 5.85. The highest BCUT2D eigenvalue weighted by atomic mass is 14.6. The van der Waals surface area contributed by atoms with Gasteiger partial charge in [0.1, 0.15) is 0 Å². The molecule has 1 atom stereocenters. The van der Waals surface area contributed by atoms with Gasteiger partial charge in [-0.15, -0.1) is 0 Å². The molecule has 2 N–H and O–H groups in total. The third kappa shape index (κ3) is 3.40. The lowest BCUT2D eigenvalue weighted by Crippen LogP contribution is -2.13. The Labute approximate surface area is 103 Å². The number of pyridine rings is 1. The van der Waals surface area contributed by atoms with Crippen molar-refractivity contribution in [3.8, 4) is 0 Å². The first-order valence-corrected chi connectivity index (χ1v) is 6.04. The van der Waals surface area contributed by atoms with Gasteiger partial charge < -0.3 is 5.73 Å². The normalized spacial score (nSPS) is 12.3. The van der Waals surface area contributed by atoms with Crippen LogP contribution < -0.4 is 5.73 Å². The van der Waals surface area contributed by atoms with Crippen molar-refractivity contribution >= 4 is 0 Å². The molecule has 0 radical (unpaired) electrons. The zero-order chi connectivity index (χ0) is 11.9. The highest BCUT2D eigenvalue weighted by Crippen LogP contribution is 2.20. The monoisotopic (exact) mass is 226 g/mol. The van der Waals surface area contributed by atoms with Gasteiger partial charge in [0.25, 0.3) is 0 Å². The molecule has 0 amide bonds. The van der Waals surface area contributed by atoms with Crippen molar-refractivity contribution in [2.75, 3.05) is 6.54 Å². The van der Waals surface area contributed by atoms with E-state index in [-0.39, 0.29) is 0 Å². The summed E-state index contributed by atoms with van der Waals surface area (Å²) in [7, 11) is 0. The molecular formula is C15H18N2. The molecule has 2 nitrogen and oxygen atoms in total. The van der Waals surface area contributed by atoms with E-state index in [1.54, 1.807) is 6.20 Å². The van der Waals surface area contributed by atoms with Crippen molar-refractivity contribution in [1.29, 1.82) is 0 Å². The smallest absolute Gasteiger partial charge is 0.0299 e. The number of rotatable bonds is 5. The zero-order valence-corrected chi connectivity index (χ0v) is 9.92. The van der Waals surface area contributed by atoms with Gasteiger partial charge in [0.15, 0.2) is 0 Å². The van der Waals surface area contributed by atoms with E-state index < -0.39 is 0 Å². The van der Waals surface area contributed by atoms with Crippen LogP contribution in [0.5, 0.6) is 0 Å². The third-order valence-electron chi connectivity index (χ3n) is 3.06. The van der Waals surface area contributed by atoms with Crippen molar-refractivity contribution in [1.82, 2.24) is 4.98 Å². The summed E-state index contributed by atoms with van der Waals surface area (Å²) in [5.74, 6) is 0.441. The van der Waals surface area contributed by atoms with Crippen LogP contribution in [0.3, 0.4) is 0 Å². The summed E-state index contributed by atoms with van der Waals surface area (Å²) in [6, 6.07) is 14.6. The number of hydrogen-bond acceptors (Lipinski definition) is 2. The average molecular weight is 226 g/mol. The summed E-state index contributed by atoms with van der Waals surface area (Å²) in [6.45, 7) is 0.699. The van der Waals surface area contributed by atoms with Crippen molar-refractivity contribution in [2.24, 2.45) is 5.73 Å². The molecule has 0 aliphatic rings. The Kier molecular flexibility index (Phi) is 4.28. The van der Waals surface area contributed by atoms with E-state index in [0.717, 1.165) is 12.8 Å². The summed E-state index contributed by atoms with van der Waals surface area (Å²) < 4.78 is 0. The molecule has 0 saturated carbocycles. The van der Waals surface area contributed by atoms with Gasteiger partial charge in [-0.1, -0.05) is 36.4 Å². The second kappa shape index (κ2) is 6.16. The number of hydrogen-bond donors (Lipinski definition) is 1. The molecule has 0 aliphatic carbocycles. The molecule has 1 aromatic heterocycles. The molecular weight excluding hydrogens is 208 g/mol. The van der Waals surface area contributed by atoms with Crippen molar-refractivity contribution in [3.05, 3.63) is 66.0 Å². The summed E-state index contributed by atoms with van der Waals surface area (Å²) in [5, 5.41) is 0. The molecule has 1 heterocycles. The van der Waals surface area contributed by atoms with Gasteiger partial charge >= 0.3 is 0 Å². The maximum atomic E-state index is 5.85. The van der Waals surface area contributed by atoms with Crippen LogP contribution in [-0.2, 0) is 6.42 Å². The fourth-order valence-electron chi connectivity index (χ4n) is 2.03. The van der Waals surface area contributed by atoms with E-state index in [1.807, 2.05) is 18.3 Å². The predicted molar refractivity (Wildman–Crippen MR) is 70.8 cm³/mol. The number of benzene rings is 1. The molecule has 2 aromatic rings. The van der Waals surface area contributed by atoms with Crippen LogP contribution in [-0.4, -0.2) is 11.5 Å². The zero-order valence-electron chi connectivity index (χ0n) is 9.92. The van der Waals surface area contributed by atoms with E-state index in [1.165, 1.54) is 11.1 Å². The topological polar surface area (TPSA) is 38.9 Å². The van der Waals surface area contributed by atoms with Gasteiger partial charge in [0, 0.05) is 12.4 Å². The quantitative estimate of drug-likeness (QED) is 0.851. The molecule has 0 bridgehead atoms. The number of nitrogens with two attached hydrogens (primary N) is 1. The summed E-state index contributed by atoms with van der Waals surface area (Å²) >= 11 is 0. The number of aromatic nitrogens is 1. The second-order valence-electron chi connectivity index (χ2n) is 4.24. The predicted octanol–water partition coefficient (Wildman–Crippen LogP) is 2.76. The first kappa shape index (κ1) is 11.8. The molecule has 2 rings (SSSR count). The lowest BCUT2D eigenvalue weighted by molar-refractivity contribution is 0.633. The highest BCUT2D eigenvalue weighted by molar-refractivity contribution is 5.20. The Morgan fingerprint density at radius 2 is 1.88 bits per heavy atom. The van der Waals surface area contributed by atoms with Gasteiger partial charge in [0.2, 0.25) is 0 Å². The Morgan fingerprint density at radius 3 is 2.53 bits per heavy atom. The fourth-order valence-corrected chi connectivity index (χ4v) is 2.03. The molecule has 0 aliphatic heterocycles. The van der Waals surface area contributed by atoms with E-state index in [9.17, 15) is 0 Å². The van der Waals surface area contributed by atoms with Crippen LogP contribution in [0.1, 0.15) is 23.5 Å². The lowest BCUT2D eigenvalue weighted by atomic mass is 9.93. The minimum atomic E-state index is 0.441. The Balaban J connectivity index is 1.97. The fraction of sp³-hybridized carbons (Fsp3) is 0.267. The minimum absolute atomic E-state index is 0.441. The molecule has 17 heavy (non-hydrogen) atoms. The largest absolute Gasteiger partial charge is 0.330 e. The van der Waals surface area contributed by atoms with E-state index in [2.05, 4.69) is 35.3 Å². The van der Waals surface area contributed by atoms with E-state index in [4.69, 9.17) is 5.73 Å². The summed E-state index contributed by atoms with van der Waals surface area (Å²) in [6.07, 6.45) is 5.84. The van der Waals surface area contributed by atoms with E-state index >= 15 is 0 Å².